The number of alkyl halides is 6. The maximum atomic E-state index is 12.4. The van der Waals surface area contributed by atoms with Crippen molar-refractivity contribution in [1.82, 2.24) is 0 Å². The van der Waals surface area contributed by atoms with Gasteiger partial charge in [0.2, 0.25) is 0 Å². The molecule has 17 heavy (non-hydrogen) atoms. The highest BCUT2D eigenvalue weighted by molar-refractivity contribution is 5.75. The minimum absolute atomic E-state index is 1.10. The number of carbonyl (C=O) groups is 1. The summed E-state index contributed by atoms with van der Waals surface area (Å²) >= 11 is 0. The molecule has 1 rings (SSSR count). The SMILES string of the molecule is CC1(C)[C@@H](C(=O)O)[C@@H]1C(C(F)(F)F)C(F)(F)F. The van der Waals surface area contributed by atoms with Gasteiger partial charge in [0.1, 0.15) is 0 Å². The average Bonchev–Trinajstić information content (AvgIpc) is 2.46. The molecule has 8 heteroatoms. The van der Waals surface area contributed by atoms with E-state index in [1.807, 2.05) is 0 Å². The van der Waals surface area contributed by atoms with E-state index in [9.17, 15) is 31.1 Å². The maximum Gasteiger partial charge on any atom is 0.400 e. The molecule has 0 spiro atoms. The van der Waals surface area contributed by atoms with E-state index in [0.717, 1.165) is 13.8 Å². The highest BCUT2D eigenvalue weighted by Gasteiger charge is 2.75. The Balaban J connectivity index is 3.09. The van der Waals surface area contributed by atoms with E-state index in [4.69, 9.17) is 5.11 Å². The van der Waals surface area contributed by atoms with Gasteiger partial charge in [-0.15, -0.1) is 0 Å². The van der Waals surface area contributed by atoms with Crippen molar-refractivity contribution in [2.45, 2.75) is 26.2 Å². The predicted molar refractivity (Wildman–Crippen MR) is 44.0 cm³/mol. The number of carboxylic acid groups (broad SMARTS) is 1. The summed E-state index contributed by atoms with van der Waals surface area (Å²) in [6.45, 7) is 2.20. The van der Waals surface area contributed by atoms with Gasteiger partial charge >= 0.3 is 18.3 Å². The van der Waals surface area contributed by atoms with Crippen LogP contribution in [0.4, 0.5) is 26.3 Å². The smallest absolute Gasteiger partial charge is 0.400 e. The third kappa shape index (κ3) is 2.35. The van der Waals surface area contributed by atoms with E-state index in [1.165, 1.54) is 0 Å². The second-order valence-electron chi connectivity index (χ2n) is 4.72. The molecule has 0 heterocycles. The second kappa shape index (κ2) is 3.52. The van der Waals surface area contributed by atoms with Crippen LogP contribution in [0.15, 0.2) is 0 Å². The summed E-state index contributed by atoms with van der Waals surface area (Å²) in [6, 6.07) is 0. The molecule has 0 bridgehead atoms. The molecule has 0 radical (unpaired) electrons. The number of rotatable bonds is 2. The molecule has 1 aliphatic carbocycles. The van der Waals surface area contributed by atoms with Gasteiger partial charge in [0.15, 0.2) is 5.92 Å². The number of aliphatic carboxylic acids is 1. The Kier molecular flexibility index (Phi) is 2.92. The van der Waals surface area contributed by atoms with Crippen molar-refractivity contribution in [2.75, 3.05) is 0 Å². The Morgan fingerprint density at radius 2 is 1.47 bits per heavy atom. The quantitative estimate of drug-likeness (QED) is 0.778. The molecule has 0 aromatic carbocycles. The van der Waals surface area contributed by atoms with Crippen molar-refractivity contribution in [3.63, 3.8) is 0 Å². The Morgan fingerprint density at radius 1 is 1.12 bits per heavy atom. The van der Waals surface area contributed by atoms with E-state index in [2.05, 4.69) is 0 Å². The number of hydrogen-bond donors (Lipinski definition) is 1. The van der Waals surface area contributed by atoms with Crippen molar-refractivity contribution in [2.24, 2.45) is 23.2 Å². The molecule has 0 aliphatic heterocycles. The fourth-order valence-corrected chi connectivity index (χ4v) is 2.36. The third-order valence-electron chi connectivity index (χ3n) is 3.24. The van der Waals surface area contributed by atoms with Crippen molar-refractivity contribution >= 4 is 5.97 Å². The van der Waals surface area contributed by atoms with Crippen molar-refractivity contribution in [1.29, 1.82) is 0 Å². The van der Waals surface area contributed by atoms with Crippen LogP contribution >= 0.6 is 0 Å². The molecule has 0 aromatic rings. The van der Waals surface area contributed by atoms with Gasteiger partial charge in [0.05, 0.1) is 5.92 Å². The minimum atomic E-state index is -5.48. The largest absolute Gasteiger partial charge is 0.481 e. The molecule has 1 aliphatic rings. The molecule has 1 N–H and O–H groups in total. The number of halogens is 6. The fourth-order valence-electron chi connectivity index (χ4n) is 2.36. The summed E-state index contributed by atoms with van der Waals surface area (Å²) in [4.78, 5) is 10.6. The molecule has 2 atom stereocenters. The zero-order valence-electron chi connectivity index (χ0n) is 8.86. The molecular weight excluding hydrogens is 254 g/mol. The van der Waals surface area contributed by atoms with Crippen LogP contribution in [0.25, 0.3) is 0 Å². The van der Waals surface area contributed by atoms with Crippen LogP contribution in [0.2, 0.25) is 0 Å². The zero-order valence-corrected chi connectivity index (χ0v) is 8.86. The monoisotopic (exact) mass is 264 g/mol. The van der Waals surface area contributed by atoms with E-state index < -0.39 is 41.5 Å². The summed E-state index contributed by atoms with van der Waals surface area (Å²) in [7, 11) is 0. The topological polar surface area (TPSA) is 37.3 Å². The van der Waals surface area contributed by atoms with Crippen LogP contribution in [-0.4, -0.2) is 23.4 Å². The molecule has 0 unspecified atom stereocenters. The average molecular weight is 264 g/mol. The van der Waals surface area contributed by atoms with Crippen molar-refractivity contribution < 1.29 is 36.2 Å². The Bertz CT molecular complexity index is 315. The van der Waals surface area contributed by atoms with Crippen molar-refractivity contribution in [3.8, 4) is 0 Å². The first-order valence-electron chi connectivity index (χ1n) is 4.67. The molecular formula is C9H10F6O2. The highest BCUT2D eigenvalue weighted by Crippen LogP contribution is 2.67. The fraction of sp³-hybridized carbons (Fsp3) is 0.889. The standard InChI is InChI=1S/C9H10F6O2/c1-7(2)3(4(7)6(16)17)5(8(10,11)12)9(13,14)15/h3-5H,1-2H3,(H,16,17)/t3-,4-/m1/s1. The molecule has 2 nitrogen and oxygen atoms in total. The van der Waals surface area contributed by atoms with E-state index in [1.54, 1.807) is 0 Å². The van der Waals surface area contributed by atoms with Crippen LogP contribution in [0, 0.1) is 23.2 Å². The predicted octanol–water partition coefficient (Wildman–Crippen LogP) is 3.08. The maximum absolute atomic E-state index is 12.4. The normalized spacial score (nSPS) is 28.3. The molecule has 1 fully saturated rings. The van der Waals surface area contributed by atoms with Gasteiger partial charge in [0, 0.05) is 0 Å². The lowest BCUT2D eigenvalue weighted by Crippen LogP contribution is -2.39. The van der Waals surface area contributed by atoms with Gasteiger partial charge < -0.3 is 5.11 Å². The number of hydrogen-bond acceptors (Lipinski definition) is 1. The highest BCUT2D eigenvalue weighted by atomic mass is 19.4. The van der Waals surface area contributed by atoms with Crippen LogP contribution in [0.1, 0.15) is 13.8 Å². The summed E-state index contributed by atoms with van der Waals surface area (Å²) in [5.41, 5.74) is -1.50. The molecule has 0 saturated heterocycles. The minimum Gasteiger partial charge on any atom is -0.481 e. The van der Waals surface area contributed by atoms with Gasteiger partial charge in [-0.25, -0.2) is 0 Å². The van der Waals surface area contributed by atoms with Gasteiger partial charge in [-0.3, -0.25) is 4.79 Å². The Hall–Kier alpha value is -0.950. The van der Waals surface area contributed by atoms with E-state index in [0.29, 0.717) is 0 Å². The van der Waals surface area contributed by atoms with Crippen LogP contribution in [0.3, 0.4) is 0 Å². The van der Waals surface area contributed by atoms with E-state index in [-0.39, 0.29) is 0 Å². The zero-order chi connectivity index (χ0) is 13.8. The summed E-state index contributed by atoms with van der Waals surface area (Å²) < 4.78 is 74.2. The lowest BCUT2D eigenvalue weighted by molar-refractivity contribution is -0.293. The summed E-state index contributed by atoms with van der Waals surface area (Å²) in [5.74, 6) is -8.78. The van der Waals surface area contributed by atoms with Crippen LogP contribution in [-0.2, 0) is 4.79 Å². The first-order chi connectivity index (χ1) is 7.31. The first-order valence-corrected chi connectivity index (χ1v) is 4.67. The number of carboxylic acids is 1. The lowest BCUT2D eigenvalue weighted by Gasteiger charge is -2.24. The van der Waals surface area contributed by atoms with Gasteiger partial charge in [0.25, 0.3) is 0 Å². The second-order valence-corrected chi connectivity index (χ2v) is 4.72. The summed E-state index contributed by atoms with van der Waals surface area (Å²) in [5, 5.41) is 8.60. The van der Waals surface area contributed by atoms with Crippen molar-refractivity contribution in [3.05, 3.63) is 0 Å². The molecule has 1 saturated carbocycles. The van der Waals surface area contributed by atoms with Gasteiger partial charge in [-0.05, 0) is 11.3 Å². The third-order valence-corrected chi connectivity index (χ3v) is 3.24. The molecule has 0 aromatic heterocycles. The molecule has 0 amide bonds. The Morgan fingerprint density at radius 3 is 1.65 bits per heavy atom. The lowest BCUT2D eigenvalue weighted by atomic mass is 9.96. The summed E-state index contributed by atoms with van der Waals surface area (Å²) in [6.07, 6.45) is -11.0. The van der Waals surface area contributed by atoms with Gasteiger partial charge in [-0.1, -0.05) is 13.8 Å². The van der Waals surface area contributed by atoms with Crippen LogP contribution < -0.4 is 0 Å². The molecule has 100 valence electrons. The van der Waals surface area contributed by atoms with Crippen LogP contribution in [0.5, 0.6) is 0 Å². The van der Waals surface area contributed by atoms with Gasteiger partial charge in [-0.2, -0.15) is 26.3 Å². The Labute approximate surface area is 92.6 Å². The first kappa shape index (κ1) is 14.1. The van der Waals surface area contributed by atoms with E-state index >= 15 is 0 Å².